The van der Waals surface area contributed by atoms with Gasteiger partial charge in [-0.05, 0) is 49.2 Å². The average Bonchev–Trinajstić information content (AvgIpc) is 3.02. The fourth-order valence-electron chi connectivity index (χ4n) is 2.71. The molecule has 0 N–H and O–H groups in total. The first kappa shape index (κ1) is 19.7. The van der Waals surface area contributed by atoms with Crippen LogP contribution < -0.4 is 9.47 Å². The number of carbonyl (C=O) groups excluding carboxylic acids is 1. The van der Waals surface area contributed by atoms with E-state index < -0.39 is 5.97 Å². The lowest BCUT2D eigenvalue weighted by Gasteiger charge is -2.13. The van der Waals surface area contributed by atoms with Crippen molar-refractivity contribution in [3.05, 3.63) is 76.5 Å². The van der Waals surface area contributed by atoms with Crippen LogP contribution in [0.5, 0.6) is 11.5 Å². The zero-order valence-corrected chi connectivity index (χ0v) is 16.5. The summed E-state index contributed by atoms with van der Waals surface area (Å²) < 4.78 is 16.6. The Balaban J connectivity index is 1.97. The summed E-state index contributed by atoms with van der Waals surface area (Å²) >= 11 is 6.35. The molecule has 1 aliphatic rings. The van der Waals surface area contributed by atoms with Crippen molar-refractivity contribution >= 4 is 29.5 Å². The topological polar surface area (TPSA) is 57.1 Å². The van der Waals surface area contributed by atoms with Gasteiger partial charge in [-0.2, -0.15) is 0 Å². The Hall–Kier alpha value is -3.05. The molecule has 5 nitrogen and oxygen atoms in total. The summed E-state index contributed by atoms with van der Waals surface area (Å²) in [6.45, 7) is 8.17. The zero-order valence-electron chi connectivity index (χ0n) is 15.7. The summed E-state index contributed by atoms with van der Waals surface area (Å²) in [5.41, 5.74) is 2.60. The Morgan fingerprint density at radius 1 is 1.25 bits per heavy atom. The number of aliphatic imine (C=N–C) groups is 1. The Morgan fingerprint density at radius 2 is 2.04 bits per heavy atom. The normalized spacial score (nSPS) is 14.6. The number of hydrogen-bond acceptors (Lipinski definition) is 5. The molecule has 0 fully saturated rings. The van der Waals surface area contributed by atoms with E-state index in [0.717, 1.165) is 11.1 Å². The molecular formula is C22H20ClNO4. The van der Waals surface area contributed by atoms with Crippen molar-refractivity contribution in [3.63, 3.8) is 0 Å². The zero-order chi connectivity index (χ0) is 20.1. The van der Waals surface area contributed by atoms with Gasteiger partial charge in [0.15, 0.2) is 17.2 Å². The van der Waals surface area contributed by atoms with Crippen LogP contribution in [0, 0.1) is 6.92 Å². The predicted molar refractivity (Wildman–Crippen MR) is 110 cm³/mol. The highest BCUT2D eigenvalue weighted by Crippen LogP contribution is 2.37. The molecule has 0 radical (unpaired) electrons. The van der Waals surface area contributed by atoms with Gasteiger partial charge in [-0.25, -0.2) is 9.79 Å². The SMILES string of the molecule is C=CCOc1c(Cl)cc(/C=C2\N=C(c3ccccc3C)OC2=O)cc1OCC. The highest BCUT2D eigenvalue weighted by atomic mass is 35.5. The number of hydrogen-bond donors (Lipinski definition) is 0. The quantitative estimate of drug-likeness (QED) is 0.376. The summed E-state index contributed by atoms with van der Waals surface area (Å²) in [5.74, 6) is 0.692. The van der Waals surface area contributed by atoms with Crippen LogP contribution in [0.1, 0.15) is 23.6 Å². The van der Waals surface area contributed by atoms with Gasteiger partial charge in [0.05, 0.1) is 11.6 Å². The molecule has 1 aliphatic heterocycles. The fourth-order valence-corrected chi connectivity index (χ4v) is 2.99. The van der Waals surface area contributed by atoms with E-state index in [1.807, 2.05) is 38.1 Å². The maximum atomic E-state index is 12.3. The molecule has 0 saturated carbocycles. The van der Waals surface area contributed by atoms with E-state index in [1.165, 1.54) is 0 Å². The van der Waals surface area contributed by atoms with Crippen molar-refractivity contribution in [2.24, 2.45) is 4.99 Å². The molecule has 0 spiro atoms. The minimum absolute atomic E-state index is 0.191. The van der Waals surface area contributed by atoms with Gasteiger partial charge >= 0.3 is 5.97 Å². The number of nitrogens with zero attached hydrogens (tertiary/aromatic N) is 1. The highest BCUT2D eigenvalue weighted by molar-refractivity contribution is 6.32. The van der Waals surface area contributed by atoms with Gasteiger partial charge in [0, 0.05) is 5.56 Å². The van der Waals surface area contributed by atoms with Gasteiger partial charge in [0.1, 0.15) is 6.61 Å². The van der Waals surface area contributed by atoms with Crippen molar-refractivity contribution in [3.8, 4) is 11.5 Å². The third-order valence-electron chi connectivity index (χ3n) is 3.98. The Morgan fingerprint density at radius 3 is 2.75 bits per heavy atom. The molecule has 0 atom stereocenters. The molecule has 1 heterocycles. The first-order valence-electron chi connectivity index (χ1n) is 8.82. The second-order valence-corrected chi connectivity index (χ2v) is 6.42. The number of ether oxygens (including phenoxy) is 3. The maximum Gasteiger partial charge on any atom is 0.363 e. The van der Waals surface area contributed by atoms with Crippen molar-refractivity contribution in [1.29, 1.82) is 0 Å². The van der Waals surface area contributed by atoms with E-state index in [1.54, 1.807) is 24.3 Å². The summed E-state index contributed by atoms with van der Waals surface area (Å²) in [6.07, 6.45) is 3.23. The van der Waals surface area contributed by atoms with Gasteiger partial charge in [-0.3, -0.25) is 0 Å². The molecule has 3 rings (SSSR count). The molecule has 0 aliphatic carbocycles. The second-order valence-electron chi connectivity index (χ2n) is 6.01. The maximum absolute atomic E-state index is 12.3. The molecule has 0 bridgehead atoms. The van der Waals surface area contributed by atoms with Crippen LogP contribution in [0.4, 0.5) is 0 Å². The van der Waals surface area contributed by atoms with Crippen molar-refractivity contribution < 1.29 is 19.0 Å². The number of halogens is 1. The number of carbonyl (C=O) groups is 1. The highest BCUT2D eigenvalue weighted by Gasteiger charge is 2.25. The largest absolute Gasteiger partial charge is 0.490 e. The minimum Gasteiger partial charge on any atom is -0.490 e. The minimum atomic E-state index is -0.515. The number of cyclic esters (lactones) is 1. The Bertz CT molecular complexity index is 978. The van der Waals surface area contributed by atoms with E-state index >= 15 is 0 Å². The van der Waals surface area contributed by atoms with Gasteiger partial charge in [0.2, 0.25) is 5.90 Å². The predicted octanol–water partition coefficient (Wildman–Crippen LogP) is 4.96. The lowest BCUT2D eigenvalue weighted by molar-refractivity contribution is -0.129. The molecular weight excluding hydrogens is 378 g/mol. The van der Waals surface area contributed by atoms with E-state index in [4.69, 9.17) is 25.8 Å². The smallest absolute Gasteiger partial charge is 0.363 e. The van der Waals surface area contributed by atoms with Crippen molar-refractivity contribution in [2.75, 3.05) is 13.2 Å². The van der Waals surface area contributed by atoms with Gasteiger partial charge < -0.3 is 14.2 Å². The van der Waals surface area contributed by atoms with E-state index in [0.29, 0.717) is 35.3 Å². The van der Waals surface area contributed by atoms with Crippen LogP contribution >= 0.6 is 11.6 Å². The number of esters is 1. The summed E-state index contributed by atoms with van der Waals surface area (Å²) in [4.78, 5) is 16.6. The third-order valence-corrected chi connectivity index (χ3v) is 4.26. The Kier molecular flexibility index (Phi) is 6.16. The lowest BCUT2D eigenvalue weighted by Crippen LogP contribution is -2.06. The van der Waals surface area contributed by atoms with Crippen molar-refractivity contribution in [2.45, 2.75) is 13.8 Å². The van der Waals surface area contributed by atoms with E-state index in [9.17, 15) is 4.79 Å². The molecule has 28 heavy (non-hydrogen) atoms. The number of aryl methyl sites for hydroxylation is 1. The summed E-state index contributed by atoms with van der Waals surface area (Å²) in [7, 11) is 0. The molecule has 2 aromatic rings. The molecule has 2 aromatic carbocycles. The second kappa shape index (κ2) is 8.76. The van der Waals surface area contributed by atoms with Crippen LogP contribution in [0.25, 0.3) is 6.08 Å². The summed E-state index contributed by atoms with van der Waals surface area (Å²) in [6, 6.07) is 11.0. The van der Waals surface area contributed by atoms with E-state index in [2.05, 4.69) is 11.6 Å². The van der Waals surface area contributed by atoms with E-state index in [-0.39, 0.29) is 11.6 Å². The average molecular weight is 398 g/mol. The van der Waals surface area contributed by atoms with Crippen molar-refractivity contribution in [1.82, 2.24) is 0 Å². The molecule has 0 amide bonds. The fraction of sp³-hybridized carbons (Fsp3) is 0.182. The number of rotatable bonds is 7. The first-order chi connectivity index (χ1) is 13.5. The van der Waals surface area contributed by atoms with Crippen LogP contribution in [0.3, 0.4) is 0 Å². The summed E-state index contributed by atoms with van der Waals surface area (Å²) in [5, 5.41) is 0.370. The molecule has 6 heteroatoms. The van der Waals surface area contributed by atoms with Gasteiger partial charge in [-0.1, -0.05) is 42.5 Å². The van der Waals surface area contributed by atoms with Crippen LogP contribution in [-0.2, 0) is 9.53 Å². The molecule has 144 valence electrons. The van der Waals surface area contributed by atoms with Crippen LogP contribution in [0.15, 0.2) is 59.7 Å². The third kappa shape index (κ3) is 4.26. The Labute approximate surface area is 168 Å². The monoisotopic (exact) mass is 397 g/mol. The van der Waals surface area contributed by atoms with Gasteiger partial charge in [0.25, 0.3) is 0 Å². The van der Waals surface area contributed by atoms with Crippen LogP contribution in [-0.4, -0.2) is 25.1 Å². The van der Waals surface area contributed by atoms with Crippen LogP contribution in [0.2, 0.25) is 5.02 Å². The molecule has 0 saturated heterocycles. The lowest BCUT2D eigenvalue weighted by atomic mass is 10.1. The molecule has 0 aromatic heterocycles. The first-order valence-corrected chi connectivity index (χ1v) is 9.20. The number of benzene rings is 2. The van der Waals surface area contributed by atoms with Gasteiger partial charge in [-0.15, -0.1) is 0 Å². The molecule has 0 unspecified atom stereocenters. The standard InChI is InChI=1S/C22H20ClNO4/c1-4-10-27-20-17(23)11-15(13-19(20)26-5-2)12-18-22(25)28-21(24-18)16-9-7-6-8-14(16)3/h4,6-9,11-13H,1,5,10H2,2-3H3/b18-12-.